The molecule has 0 aliphatic carbocycles. The van der Waals surface area contributed by atoms with Gasteiger partial charge in [0.2, 0.25) is 8.32 Å². The number of hydrogen-bond donors (Lipinski definition) is 1. The molecule has 1 aromatic carbocycles. The van der Waals surface area contributed by atoms with Crippen molar-refractivity contribution in [1.29, 1.82) is 0 Å². The van der Waals surface area contributed by atoms with E-state index >= 15 is 0 Å². The topological polar surface area (TPSA) is 38.7 Å². The van der Waals surface area contributed by atoms with E-state index in [0.29, 0.717) is 0 Å². The molecule has 0 amide bonds. The van der Waals surface area contributed by atoms with Gasteiger partial charge in [-0.1, -0.05) is 61.5 Å². The van der Waals surface area contributed by atoms with Crippen LogP contribution >= 0.6 is 0 Å². The SMILES string of the molecule is C=C[Si](C)(C=C)O[Si](C)(C)O[Si](C)(C)C.CCCCC(O)c1ccccc1. The molecule has 1 aromatic rings. The molecule has 1 rings (SSSR count). The lowest BCUT2D eigenvalue weighted by molar-refractivity contribution is 0.164. The van der Waals surface area contributed by atoms with Gasteiger partial charge in [0.05, 0.1) is 6.10 Å². The molecule has 1 N–H and O–H groups in total. The van der Waals surface area contributed by atoms with Crippen LogP contribution in [0.25, 0.3) is 0 Å². The van der Waals surface area contributed by atoms with Gasteiger partial charge in [-0.15, -0.1) is 13.2 Å². The van der Waals surface area contributed by atoms with Gasteiger partial charge in [-0.25, -0.2) is 0 Å². The minimum Gasteiger partial charge on any atom is -0.437 e. The molecule has 3 nitrogen and oxygen atoms in total. The second-order valence-electron chi connectivity index (χ2n) is 8.38. The molecule has 0 aliphatic heterocycles. The van der Waals surface area contributed by atoms with E-state index in [1.54, 1.807) is 0 Å². The van der Waals surface area contributed by atoms with E-state index in [2.05, 4.69) is 59.4 Å². The maximum Gasteiger partial charge on any atom is 0.311 e. The summed E-state index contributed by atoms with van der Waals surface area (Å²) in [7, 11) is -5.51. The third kappa shape index (κ3) is 12.3. The highest BCUT2D eigenvalue weighted by molar-refractivity contribution is 6.91. The van der Waals surface area contributed by atoms with Crippen molar-refractivity contribution in [3.63, 3.8) is 0 Å². The first kappa shape index (κ1) is 26.2. The van der Waals surface area contributed by atoms with Crippen molar-refractivity contribution >= 4 is 25.2 Å². The van der Waals surface area contributed by atoms with Crippen LogP contribution < -0.4 is 0 Å². The minimum atomic E-state index is -2.04. The fourth-order valence-corrected chi connectivity index (χ4v) is 14.2. The molecule has 0 saturated carbocycles. The molecule has 0 radical (unpaired) electrons. The molecule has 6 heteroatoms. The van der Waals surface area contributed by atoms with Crippen LogP contribution in [-0.4, -0.2) is 30.3 Å². The van der Waals surface area contributed by atoms with Crippen molar-refractivity contribution in [2.75, 3.05) is 0 Å². The molecule has 27 heavy (non-hydrogen) atoms. The van der Waals surface area contributed by atoms with Gasteiger partial charge < -0.3 is 13.3 Å². The quantitative estimate of drug-likeness (QED) is 0.436. The lowest BCUT2D eigenvalue weighted by Gasteiger charge is -2.36. The van der Waals surface area contributed by atoms with Crippen LogP contribution in [0, 0.1) is 0 Å². The van der Waals surface area contributed by atoms with Gasteiger partial charge in [0.15, 0.2) is 8.32 Å². The van der Waals surface area contributed by atoms with Crippen molar-refractivity contribution in [2.24, 2.45) is 0 Å². The normalized spacial score (nSPS) is 13.3. The Hall–Kier alpha value is -0.769. The van der Waals surface area contributed by atoms with Crippen LogP contribution in [0.4, 0.5) is 0 Å². The maximum atomic E-state index is 9.65. The van der Waals surface area contributed by atoms with Gasteiger partial charge in [-0.3, -0.25) is 0 Å². The molecule has 0 saturated heterocycles. The number of unbranched alkanes of at least 4 members (excludes halogenated alkanes) is 1. The number of hydrogen-bond acceptors (Lipinski definition) is 3. The maximum absolute atomic E-state index is 9.65. The van der Waals surface area contributed by atoms with E-state index in [1.165, 1.54) is 0 Å². The van der Waals surface area contributed by atoms with Crippen LogP contribution in [0.5, 0.6) is 0 Å². The van der Waals surface area contributed by atoms with E-state index in [0.717, 1.165) is 24.8 Å². The molecule has 0 aromatic heterocycles. The zero-order valence-electron chi connectivity index (χ0n) is 18.4. The summed E-state index contributed by atoms with van der Waals surface area (Å²) < 4.78 is 12.3. The van der Waals surface area contributed by atoms with Gasteiger partial charge in [-0.2, -0.15) is 0 Å². The van der Waals surface area contributed by atoms with E-state index in [9.17, 15) is 5.11 Å². The fraction of sp³-hybridized carbons (Fsp3) is 0.524. The number of rotatable bonds is 10. The molecule has 0 heterocycles. The van der Waals surface area contributed by atoms with E-state index in [1.807, 2.05) is 41.7 Å². The van der Waals surface area contributed by atoms with Gasteiger partial charge in [-0.05, 0) is 51.3 Å². The van der Waals surface area contributed by atoms with Crippen molar-refractivity contribution < 1.29 is 13.3 Å². The highest BCUT2D eigenvalue weighted by atomic mass is 28.5. The predicted molar refractivity (Wildman–Crippen MR) is 126 cm³/mol. The Kier molecular flexibility index (Phi) is 11.6. The third-order valence-electron chi connectivity index (χ3n) is 3.84. The summed E-state index contributed by atoms with van der Waals surface area (Å²) in [6, 6.07) is 9.84. The summed E-state index contributed by atoms with van der Waals surface area (Å²) in [5.74, 6) is 0. The van der Waals surface area contributed by atoms with Gasteiger partial charge >= 0.3 is 8.56 Å². The fourth-order valence-electron chi connectivity index (χ4n) is 2.69. The second-order valence-corrected chi connectivity index (χ2v) is 20.2. The first-order valence-corrected chi connectivity index (χ1v) is 18.6. The smallest absolute Gasteiger partial charge is 0.311 e. The van der Waals surface area contributed by atoms with Crippen LogP contribution in [0.15, 0.2) is 54.9 Å². The standard InChI is InChI=1S/C11H16O.C10H24O2Si3/c1-2-3-9-11(12)10-7-5-4-6-8-10;1-9-15(8,10-2)12-14(6,7)11-13(3,4)5/h4-8,11-12H,2-3,9H2,1H3;9-10H,1-2H2,3-8H3. The van der Waals surface area contributed by atoms with Crippen LogP contribution in [0.2, 0.25) is 39.3 Å². The van der Waals surface area contributed by atoms with Crippen molar-refractivity contribution in [3.05, 3.63) is 60.5 Å². The molecule has 0 fully saturated rings. The lowest BCUT2D eigenvalue weighted by atomic mass is 10.0. The van der Waals surface area contributed by atoms with Gasteiger partial charge in [0.25, 0.3) is 0 Å². The monoisotopic (exact) mass is 424 g/mol. The third-order valence-corrected chi connectivity index (χ3v) is 13.6. The summed E-state index contributed by atoms with van der Waals surface area (Å²) in [4.78, 5) is 0. The van der Waals surface area contributed by atoms with Crippen LogP contribution in [0.3, 0.4) is 0 Å². The molecule has 0 spiro atoms. The zero-order valence-corrected chi connectivity index (χ0v) is 21.4. The lowest BCUT2D eigenvalue weighted by Crippen LogP contribution is -2.51. The minimum absolute atomic E-state index is 0.272. The van der Waals surface area contributed by atoms with Gasteiger partial charge in [0, 0.05) is 0 Å². The number of benzene rings is 1. The summed E-state index contributed by atoms with van der Waals surface area (Å²) in [6.07, 6.45) is 2.84. The largest absolute Gasteiger partial charge is 0.437 e. The molecular formula is C21H40O3Si3. The molecular weight excluding hydrogens is 384 g/mol. The van der Waals surface area contributed by atoms with Crippen molar-refractivity contribution in [3.8, 4) is 0 Å². The first-order chi connectivity index (χ1) is 12.4. The highest BCUT2D eigenvalue weighted by Gasteiger charge is 2.37. The molecule has 0 bridgehead atoms. The zero-order chi connectivity index (χ0) is 21.1. The second kappa shape index (κ2) is 11.9. The molecule has 0 aliphatic rings. The number of aliphatic hydroxyl groups excluding tert-OH is 1. The predicted octanol–water partition coefficient (Wildman–Crippen LogP) is 6.49. The average Bonchev–Trinajstić information content (AvgIpc) is 2.58. The highest BCUT2D eigenvalue weighted by Crippen LogP contribution is 2.21. The van der Waals surface area contributed by atoms with E-state index in [-0.39, 0.29) is 6.10 Å². The average molecular weight is 425 g/mol. The first-order valence-electron chi connectivity index (χ1n) is 9.78. The Balaban J connectivity index is 0.000000511. The Labute approximate surface area is 170 Å². The Morgan fingerprint density at radius 2 is 1.48 bits per heavy atom. The summed E-state index contributed by atoms with van der Waals surface area (Å²) in [6.45, 7) is 22.6. The molecule has 1 atom stereocenters. The Bertz CT molecular complexity index is 546. The summed E-state index contributed by atoms with van der Waals surface area (Å²) in [5.41, 5.74) is 4.84. The van der Waals surface area contributed by atoms with Crippen LogP contribution in [-0.2, 0) is 8.23 Å². The van der Waals surface area contributed by atoms with Gasteiger partial charge in [0.1, 0.15) is 0 Å². The van der Waals surface area contributed by atoms with E-state index < -0.39 is 25.2 Å². The Morgan fingerprint density at radius 3 is 1.89 bits per heavy atom. The van der Waals surface area contributed by atoms with Crippen molar-refractivity contribution in [2.45, 2.75) is 71.6 Å². The van der Waals surface area contributed by atoms with Crippen molar-refractivity contribution in [1.82, 2.24) is 0 Å². The molecule has 1 unspecified atom stereocenters. The Morgan fingerprint density at radius 1 is 0.963 bits per heavy atom. The molecule has 154 valence electrons. The summed E-state index contributed by atoms with van der Waals surface area (Å²) in [5, 5.41) is 9.65. The van der Waals surface area contributed by atoms with E-state index in [4.69, 9.17) is 8.23 Å². The summed E-state index contributed by atoms with van der Waals surface area (Å²) >= 11 is 0. The number of aliphatic hydroxyl groups is 1. The van der Waals surface area contributed by atoms with Crippen LogP contribution in [0.1, 0.15) is 37.9 Å².